The van der Waals surface area contributed by atoms with E-state index in [1.807, 2.05) is 0 Å². The minimum absolute atomic E-state index is 0.0849. The topological polar surface area (TPSA) is 40.3 Å². The van der Waals surface area contributed by atoms with Gasteiger partial charge in [-0.15, -0.1) is 0 Å². The van der Waals surface area contributed by atoms with E-state index < -0.39 is 5.97 Å². The standard InChI is InChI=1S/C19H27NO2/c1-5-15-10-11-17-16(13-15)19(3,4)14(2)20(17)12-8-6-7-9-18(21)22/h10-11,13H,5-9,12H2,1-4H3/p+1. The number of benzene rings is 1. The van der Waals surface area contributed by atoms with Crippen LogP contribution in [-0.4, -0.2) is 27.9 Å². The van der Waals surface area contributed by atoms with Crippen LogP contribution >= 0.6 is 0 Å². The SMILES string of the molecule is CCc1ccc2c(c1)C(C)(C)C(C)=[N+]2CCCCCC(=O)O. The summed E-state index contributed by atoms with van der Waals surface area (Å²) in [6, 6.07) is 6.83. The van der Waals surface area contributed by atoms with Gasteiger partial charge in [0.05, 0.1) is 5.41 Å². The Morgan fingerprint density at radius 1 is 1.23 bits per heavy atom. The molecule has 0 atom stereocenters. The predicted octanol–water partition coefficient (Wildman–Crippen LogP) is 4.29. The molecule has 2 rings (SSSR count). The van der Waals surface area contributed by atoms with Crippen molar-refractivity contribution in [1.29, 1.82) is 0 Å². The third kappa shape index (κ3) is 3.23. The third-order valence-corrected chi connectivity index (χ3v) is 5.02. The lowest BCUT2D eigenvalue weighted by molar-refractivity contribution is -0.439. The van der Waals surface area contributed by atoms with Crippen LogP contribution in [0.25, 0.3) is 0 Å². The number of unbranched alkanes of at least 4 members (excludes halogenated alkanes) is 2. The summed E-state index contributed by atoms with van der Waals surface area (Å²) in [5, 5.41) is 8.70. The molecule has 0 unspecified atom stereocenters. The second kappa shape index (κ2) is 6.64. The van der Waals surface area contributed by atoms with Crippen molar-refractivity contribution in [3.05, 3.63) is 29.3 Å². The lowest BCUT2D eigenvalue weighted by Crippen LogP contribution is -2.26. The number of hydrogen-bond donors (Lipinski definition) is 1. The first-order valence-corrected chi connectivity index (χ1v) is 8.34. The summed E-state index contributed by atoms with van der Waals surface area (Å²) >= 11 is 0. The Kier molecular flexibility index (Phi) is 5.05. The van der Waals surface area contributed by atoms with Gasteiger partial charge in [0.2, 0.25) is 5.69 Å². The van der Waals surface area contributed by atoms with Gasteiger partial charge < -0.3 is 5.11 Å². The highest BCUT2D eigenvalue weighted by atomic mass is 16.4. The summed E-state index contributed by atoms with van der Waals surface area (Å²) in [4.78, 5) is 10.6. The van der Waals surface area contributed by atoms with Crippen LogP contribution in [0.15, 0.2) is 18.2 Å². The molecule has 1 N–H and O–H groups in total. The average molecular weight is 302 g/mol. The van der Waals surface area contributed by atoms with E-state index in [1.165, 1.54) is 22.5 Å². The van der Waals surface area contributed by atoms with Gasteiger partial charge in [-0.1, -0.05) is 13.0 Å². The summed E-state index contributed by atoms with van der Waals surface area (Å²) in [5.74, 6) is -0.692. The lowest BCUT2D eigenvalue weighted by Gasteiger charge is -2.15. The van der Waals surface area contributed by atoms with Crippen molar-refractivity contribution < 1.29 is 14.5 Å². The molecule has 0 spiro atoms. The monoisotopic (exact) mass is 302 g/mol. The molecular formula is C19H28NO2+. The molecule has 22 heavy (non-hydrogen) atoms. The number of hydrogen-bond acceptors (Lipinski definition) is 1. The van der Waals surface area contributed by atoms with Crippen molar-refractivity contribution in [3.8, 4) is 0 Å². The molecule has 0 amide bonds. The zero-order valence-corrected chi connectivity index (χ0v) is 14.3. The first-order chi connectivity index (χ1) is 10.4. The Bertz CT molecular complexity index is 599. The highest BCUT2D eigenvalue weighted by Crippen LogP contribution is 2.40. The predicted molar refractivity (Wildman–Crippen MR) is 90.4 cm³/mol. The molecular weight excluding hydrogens is 274 g/mol. The molecule has 0 fully saturated rings. The van der Waals surface area contributed by atoms with Crippen LogP contribution in [0.4, 0.5) is 5.69 Å². The van der Waals surface area contributed by atoms with Crippen molar-refractivity contribution >= 4 is 17.4 Å². The summed E-state index contributed by atoms with van der Waals surface area (Å²) in [7, 11) is 0. The van der Waals surface area contributed by atoms with E-state index >= 15 is 0 Å². The van der Waals surface area contributed by atoms with E-state index in [0.29, 0.717) is 0 Å². The zero-order chi connectivity index (χ0) is 16.3. The molecule has 0 saturated heterocycles. The minimum atomic E-state index is -0.692. The molecule has 0 saturated carbocycles. The Morgan fingerprint density at radius 3 is 2.59 bits per heavy atom. The summed E-state index contributed by atoms with van der Waals surface area (Å²) in [5.41, 5.74) is 5.63. The molecule has 1 aromatic carbocycles. The van der Waals surface area contributed by atoms with Crippen LogP contribution in [0.1, 0.15) is 64.5 Å². The summed E-state index contributed by atoms with van der Waals surface area (Å²) < 4.78 is 2.43. The lowest BCUT2D eigenvalue weighted by atomic mass is 9.81. The van der Waals surface area contributed by atoms with E-state index in [9.17, 15) is 4.79 Å². The molecule has 3 nitrogen and oxygen atoms in total. The molecule has 0 bridgehead atoms. The molecule has 1 aromatic rings. The molecule has 0 radical (unpaired) electrons. The fraction of sp³-hybridized carbons (Fsp3) is 0.579. The fourth-order valence-electron chi connectivity index (χ4n) is 3.26. The molecule has 120 valence electrons. The van der Waals surface area contributed by atoms with E-state index in [1.54, 1.807) is 0 Å². The zero-order valence-electron chi connectivity index (χ0n) is 14.3. The van der Waals surface area contributed by atoms with Crippen LogP contribution in [0.2, 0.25) is 0 Å². The van der Waals surface area contributed by atoms with Crippen molar-refractivity contribution in [1.82, 2.24) is 0 Å². The van der Waals surface area contributed by atoms with Gasteiger partial charge >= 0.3 is 5.97 Å². The quantitative estimate of drug-likeness (QED) is 0.603. The third-order valence-electron chi connectivity index (χ3n) is 5.02. The Labute approximate surface area is 133 Å². The molecule has 1 aliphatic rings. The van der Waals surface area contributed by atoms with Gasteiger partial charge in [0.1, 0.15) is 6.54 Å². The maximum Gasteiger partial charge on any atom is 0.303 e. The molecule has 3 heteroatoms. The molecule has 1 aliphatic heterocycles. The second-order valence-corrected chi connectivity index (χ2v) is 6.77. The van der Waals surface area contributed by atoms with E-state index in [0.717, 1.165) is 32.2 Å². The van der Waals surface area contributed by atoms with E-state index in [2.05, 4.69) is 50.5 Å². The molecule has 1 heterocycles. The maximum atomic E-state index is 10.6. The fourth-order valence-corrected chi connectivity index (χ4v) is 3.26. The molecule has 0 aromatic heterocycles. The minimum Gasteiger partial charge on any atom is -0.481 e. The number of carboxylic acids is 1. The van der Waals surface area contributed by atoms with Gasteiger partial charge in [0.15, 0.2) is 5.71 Å². The number of fused-ring (bicyclic) bond motifs is 1. The van der Waals surface area contributed by atoms with E-state index in [4.69, 9.17) is 5.11 Å². The summed E-state index contributed by atoms with van der Waals surface area (Å²) in [6.07, 6.45) is 4.13. The van der Waals surface area contributed by atoms with E-state index in [-0.39, 0.29) is 11.8 Å². The van der Waals surface area contributed by atoms with Crippen LogP contribution in [0, 0.1) is 0 Å². The number of carbonyl (C=O) groups is 1. The normalized spacial score (nSPS) is 16.0. The van der Waals surface area contributed by atoms with Crippen molar-refractivity contribution in [3.63, 3.8) is 0 Å². The maximum absolute atomic E-state index is 10.6. The first-order valence-electron chi connectivity index (χ1n) is 8.34. The highest BCUT2D eigenvalue weighted by Gasteiger charge is 2.42. The second-order valence-electron chi connectivity index (χ2n) is 6.77. The summed E-state index contributed by atoms with van der Waals surface area (Å²) in [6.45, 7) is 9.99. The van der Waals surface area contributed by atoms with Crippen molar-refractivity contribution in [2.45, 2.75) is 65.2 Å². The van der Waals surface area contributed by atoms with Crippen LogP contribution in [0.3, 0.4) is 0 Å². The van der Waals surface area contributed by atoms with Crippen LogP contribution in [-0.2, 0) is 16.6 Å². The van der Waals surface area contributed by atoms with Gasteiger partial charge in [0, 0.05) is 31.4 Å². The number of rotatable bonds is 7. The van der Waals surface area contributed by atoms with Gasteiger partial charge in [-0.05, 0) is 44.7 Å². The largest absolute Gasteiger partial charge is 0.481 e. The first kappa shape index (κ1) is 16.7. The van der Waals surface area contributed by atoms with Crippen molar-refractivity contribution in [2.75, 3.05) is 6.54 Å². The van der Waals surface area contributed by atoms with Crippen LogP contribution in [0.5, 0.6) is 0 Å². The number of aliphatic carboxylic acids is 1. The van der Waals surface area contributed by atoms with Crippen molar-refractivity contribution in [2.24, 2.45) is 0 Å². The van der Waals surface area contributed by atoms with Crippen LogP contribution < -0.4 is 0 Å². The number of carboxylic acid groups (broad SMARTS) is 1. The Morgan fingerprint density at radius 2 is 1.95 bits per heavy atom. The Balaban J connectivity index is 2.12. The van der Waals surface area contributed by atoms with Gasteiger partial charge in [-0.2, -0.15) is 4.58 Å². The van der Waals surface area contributed by atoms with Gasteiger partial charge in [0.25, 0.3) is 0 Å². The molecule has 0 aliphatic carbocycles. The number of aryl methyl sites for hydroxylation is 1. The number of nitrogens with zero attached hydrogens (tertiary/aromatic N) is 1. The Hall–Kier alpha value is -1.64. The highest BCUT2D eigenvalue weighted by molar-refractivity contribution is 5.93. The van der Waals surface area contributed by atoms with Gasteiger partial charge in [-0.25, -0.2) is 0 Å². The smallest absolute Gasteiger partial charge is 0.303 e. The average Bonchev–Trinajstić information content (AvgIpc) is 2.67. The van der Waals surface area contributed by atoms with Gasteiger partial charge in [-0.3, -0.25) is 4.79 Å².